The van der Waals surface area contributed by atoms with Crippen molar-refractivity contribution in [3.8, 4) is 17.1 Å². The number of benzene rings is 1. The van der Waals surface area contributed by atoms with E-state index in [1.54, 1.807) is 7.11 Å². The maximum atomic E-state index is 5.47. The molecule has 2 rings (SSSR count). The smallest absolute Gasteiger partial charge is 0.167 e. The molecule has 0 bridgehead atoms. The van der Waals surface area contributed by atoms with Gasteiger partial charge < -0.3 is 15.0 Å². The Morgan fingerprint density at radius 2 is 2.18 bits per heavy atom. The molecule has 2 aromatic rings. The predicted octanol–water partition coefficient (Wildman–Crippen LogP) is 2.16. The quantitative estimate of drug-likeness (QED) is 0.877. The molecule has 1 aromatic heterocycles. The minimum atomic E-state index is 0.577. The van der Waals surface area contributed by atoms with Gasteiger partial charge in [-0.05, 0) is 37.2 Å². The molecule has 1 aromatic carbocycles. The van der Waals surface area contributed by atoms with E-state index in [1.165, 1.54) is 0 Å². The van der Waals surface area contributed by atoms with Crippen LogP contribution in [-0.2, 0) is 6.42 Å². The van der Waals surface area contributed by atoms with Crippen molar-refractivity contribution in [2.24, 2.45) is 5.73 Å². The summed E-state index contributed by atoms with van der Waals surface area (Å²) in [6, 6.07) is 7.83. The molecular weight excluding hydrogens is 216 g/mol. The van der Waals surface area contributed by atoms with E-state index in [9.17, 15) is 0 Å². The molecule has 0 fully saturated rings. The van der Waals surface area contributed by atoms with Crippen LogP contribution in [0.5, 0.6) is 5.75 Å². The van der Waals surface area contributed by atoms with Gasteiger partial charge in [-0.1, -0.05) is 5.16 Å². The highest BCUT2D eigenvalue weighted by Crippen LogP contribution is 2.26. The Kier molecular flexibility index (Phi) is 3.44. The van der Waals surface area contributed by atoms with Crippen LogP contribution in [0.1, 0.15) is 11.3 Å². The summed E-state index contributed by atoms with van der Waals surface area (Å²) < 4.78 is 10.5. The standard InChI is InChI=1S/C13H16N2O2/c1-9-7-10(3-4-12(9)16-2)13-8-11(5-6-14)15-17-13/h3-4,7-8H,5-6,14H2,1-2H3. The monoisotopic (exact) mass is 232 g/mol. The normalized spacial score (nSPS) is 10.5. The highest BCUT2D eigenvalue weighted by Gasteiger charge is 2.08. The van der Waals surface area contributed by atoms with Crippen molar-refractivity contribution in [1.29, 1.82) is 0 Å². The average Bonchev–Trinajstić information content (AvgIpc) is 2.78. The molecule has 0 saturated carbocycles. The average molecular weight is 232 g/mol. The number of aryl methyl sites for hydroxylation is 1. The van der Waals surface area contributed by atoms with E-state index in [-0.39, 0.29) is 0 Å². The molecule has 0 aliphatic rings. The maximum absolute atomic E-state index is 5.47. The summed E-state index contributed by atoms with van der Waals surface area (Å²) in [5.74, 6) is 1.63. The van der Waals surface area contributed by atoms with Crippen LogP contribution in [0.25, 0.3) is 11.3 Å². The molecule has 2 N–H and O–H groups in total. The van der Waals surface area contributed by atoms with Crippen molar-refractivity contribution in [3.05, 3.63) is 35.5 Å². The molecule has 0 atom stereocenters. The van der Waals surface area contributed by atoms with Gasteiger partial charge in [0, 0.05) is 18.1 Å². The predicted molar refractivity (Wildman–Crippen MR) is 66.0 cm³/mol. The van der Waals surface area contributed by atoms with Crippen molar-refractivity contribution in [2.45, 2.75) is 13.3 Å². The van der Waals surface area contributed by atoms with Crippen LogP contribution >= 0.6 is 0 Å². The molecule has 0 spiro atoms. The summed E-state index contributed by atoms with van der Waals surface area (Å²) >= 11 is 0. The highest BCUT2D eigenvalue weighted by atomic mass is 16.5. The van der Waals surface area contributed by atoms with Crippen molar-refractivity contribution < 1.29 is 9.26 Å². The number of hydrogen-bond acceptors (Lipinski definition) is 4. The third-order valence-corrected chi connectivity index (χ3v) is 2.64. The lowest BCUT2D eigenvalue weighted by Gasteiger charge is -2.04. The molecule has 4 nitrogen and oxygen atoms in total. The Hall–Kier alpha value is -1.81. The zero-order valence-corrected chi connectivity index (χ0v) is 10.1. The molecule has 0 radical (unpaired) electrons. The van der Waals surface area contributed by atoms with Crippen LogP contribution in [0, 0.1) is 6.92 Å². The highest BCUT2D eigenvalue weighted by molar-refractivity contribution is 5.60. The van der Waals surface area contributed by atoms with E-state index >= 15 is 0 Å². The second-order valence-electron chi connectivity index (χ2n) is 3.91. The second-order valence-corrected chi connectivity index (χ2v) is 3.91. The third-order valence-electron chi connectivity index (χ3n) is 2.64. The fourth-order valence-electron chi connectivity index (χ4n) is 1.75. The first-order chi connectivity index (χ1) is 8.24. The molecule has 0 unspecified atom stereocenters. The van der Waals surface area contributed by atoms with E-state index in [0.29, 0.717) is 6.54 Å². The molecule has 4 heteroatoms. The Balaban J connectivity index is 2.29. The molecule has 0 aliphatic carbocycles. The van der Waals surface area contributed by atoms with Gasteiger partial charge in [0.25, 0.3) is 0 Å². The van der Waals surface area contributed by atoms with Crippen LogP contribution < -0.4 is 10.5 Å². The Morgan fingerprint density at radius 1 is 1.35 bits per heavy atom. The van der Waals surface area contributed by atoms with Crippen molar-refractivity contribution in [1.82, 2.24) is 5.16 Å². The van der Waals surface area contributed by atoms with E-state index in [0.717, 1.165) is 34.8 Å². The fraction of sp³-hybridized carbons (Fsp3) is 0.308. The van der Waals surface area contributed by atoms with Gasteiger partial charge in [0.05, 0.1) is 12.8 Å². The molecule has 17 heavy (non-hydrogen) atoms. The van der Waals surface area contributed by atoms with Gasteiger partial charge in [0.2, 0.25) is 0 Å². The van der Waals surface area contributed by atoms with Gasteiger partial charge in [0.15, 0.2) is 5.76 Å². The zero-order chi connectivity index (χ0) is 12.3. The molecule has 0 aliphatic heterocycles. The fourth-order valence-corrected chi connectivity index (χ4v) is 1.75. The van der Waals surface area contributed by atoms with E-state index in [1.807, 2.05) is 31.2 Å². The van der Waals surface area contributed by atoms with E-state index in [2.05, 4.69) is 5.16 Å². The molecular formula is C13H16N2O2. The molecule has 0 amide bonds. The van der Waals surface area contributed by atoms with Crippen LogP contribution in [0.15, 0.2) is 28.8 Å². The van der Waals surface area contributed by atoms with Gasteiger partial charge in [0.1, 0.15) is 5.75 Å². The summed E-state index contributed by atoms with van der Waals surface area (Å²) in [6.07, 6.45) is 0.735. The Morgan fingerprint density at radius 3 is 2.82 bits per heavy atom. The summed E-state index contributed by atoms with van der Waals surface area (Å²) in [6.45, 7) is 2.58. The number of nitrogens with two attached hydrogens (primary N) is 1. The Bertz CT molecular complexity index is 506. The van der Waals surface area contributed by atoms with E-state index < -0.39 is 0 Å². The maximum Gasteiger partial charge on any atom is 0.167 e. The number of methoxy groups -OCH3 is 1. The minimum Gasteiger partial charge on any atom is -0.496 e. The SMILES string of the molecule is COc1ccc(-c2cc(CCN)no2)cc1C. The summed E-state index contributed by atoms with van der Waals surface area (Å²) in [4.78, 5) is 0. The first-order valence-corrected chi connectivity index (χ1v) is 5.55. The van der Waals surface area contributed by atoms with Gasteiger partial charge in [-0.2, -0.15) is 0 Å². The second kappa shape index (κ2) is 5.01. The zero-order valence-electron chi connectivity index (χ0n) is 10.1. The summed E-state index contributed by atoms with van der Waals surface area (Å²) in [7, 11) is 1.66. The summed E-state index contributed by atoms with van der Waals surface area (Å²) in [5.41, 5.74) is 8.43. The first kappa shape index (κ1) is 11.7. The molecule has 1 heterocycles. The minimum absolute atomic E-state index is 0.577. The van der Waals surface area contributed by atoms with Gasteiger partial charge in [-0.25, -0.2) is 0 Å². The van der Waals surface area contributed by atoms with Crippen LogP contribution in [0.4, 0.5) is 0 Å². The van der Waals surface area contributed by atoms with Gasteiger partial charge in [-0.3, -0.25) is 0 Å². The largest absolute Gasteiger partial charge is 0.496 e. The van der Waals surface area contributed by atoms with Crippen LogP contribution in [0.3, 0.4) is 0 Å². The van der Waals surface area contributed by atoms with Crippen molar-refractivity contribution in [2.75, 3.05) is 13.7 Å². The Labute approximate surface area is 100 Å². The number of ether oxygens (including phenoxy) is 1. The number of hydrogen-bond donors (Lipinski definition) is 1. The first-order valence-electron chi connectivity index (χ1n) is 5.55. The summed E-state index contributed by atoms with van der Waals surface area (Å²) in [5, 5.41) is 3.97. The van der Waals surface area contributed by atoms with Gasteiger partial charge >= 0.3 is 0 Å². The van der Waals surface area contributed by atoms with Crippen LogP contribution in [-0.4, -0.2) is 18.8 Å². The lowest BCUT2D eigenvalue weighted by atomic mass is 10.1. The lowest BCUT2D eigenvalue weighted by Crippen LogP contribution is -2.02. The lowest BCUT2D eigenvalue weighted by molar-refractivity contribution is 0.411. The van der Waals surface area contributed by atoms with Crippen LogP contribution in [0.2, 0.25) is 0 Å². The molecule has 90 valence electrons. The van der Waals surface area contributed by atoms with Crippen molar-refractivity contribution in [3.63, 3.8) is 0 Å². The number of rotatable bonds is 4. The number of nitrogens with zero attached hydrogens (tertiary/aromatic N) is 1. The van der Waals surface area contributed by atoms with Gasteiger partial charge in [-0.15, -0.1) is 0 Å². The number of aromatic nitrogens is 1. The topological polar surface area (TPSA) is 61.3 Å². The van der Waals surface area contributed by atoms with Crippen molar-refractivity contribution >= 4 is 0 Å². The molecule has 0 saturated heterocycles. The third kappa shape index (κ3) is 2.47. The van der Waals surface area contributed by atoms with E-state index in [4.69, 9.17) is 15.0 Å².